The molecule has 7 nitrogen and oxygen atoms in total. The zero-order valence-electron chi connectivity index (χ0n) is 19.8. The first kappa shape index (κ1) is 26.1. The van der Waals surface area contributed by atoms with Gasteiger partial charge in [0, 0.05) is 42.9 Å². The Labute approximate surface area is 217 Å². The summed E-state index contributed by atoms with van der Waals surface area (Å²) in [6.45, 7) is 4.44. The Morgan fingerprint density at radius 2 is 1.74 bits per heavy atom. The number of carbonyl (C=O) groups is 1. The number of benzene rings is 2. The topological polar surface area (TPSA) is 79.0 Å². The van der Waals surface area contributed by atoms with Crippen molar-refractivity contribution < 1.29 is 17.9 Å². The molecular weight excluding hydrogens is 509 g/mol. The van der Waals surface area contributed by atoms with Crippen LogP contribution in [-0.4, -0.2) is 58.1 Å². The van der Waals surface area contributed by atoms with Gasteiger partial charge in [0.1, 0.15) is 5.75 Å². The number of amides is 1. The molecule has 0 bridgehead atoms. The molecule has 0 aromatic heterocycles. The van der Waals surface area contributed by atoms with Crippen LogP contribution in [-0.2, 0) is 14.8 Å². The monoisotopic (exact) mass is 539 g/mol. The number of aryl methyl sites for hydroxylation is 1. The first-order chi connectivity index (χ1) is 16.7. The van der Waals surface area contributed by atoms with E-state index >= 15 is 0 Å². The average Bonchev–Trinajstić information content (AvgIpc) is 2.85. The fourth-order valence-corrected chi connectivity index (χ4v) is 6.42. The van der Waals surface area contributed by atoms with Gasteiger partial charge in [-0.3, -0.25) is 4.79 Å². The summed E-state index contributed by atoms with van der Waals surface area (Å²) in [5.74, 6) is 0.143. The molecule has 2 aromatic rings. The Bertz CT molecular complexity index is 1160. The number of halogens is 2. The fourth-order valence-electron chi connectivity index (χ4n) is 4.62. The summed E-state index contributed by atoms with van der Waals surface area (Å²) in [6, 6.07) is 10.1. The summed E-state index contributed by atoms with van der Waals surface area (Å²) in [5, 5.41) is 0.851. The Morgan fingerprint density at radius 3 is 2.43 bits per heavy atom. The second kappa shape index (κ2) is 11.4. The van der Waals surface area contributed by atoms with Gasteiger partial charge >= 0.3 is 0 Å². The van der Waals surface area contributed by atoms with Crippen LogP contribution < -0.4 is 14.4 Å². The molecule has 2 aliphatic rings. The molecule has 10 heteroatoms. The van der Waals surface area contributed by atoms with E-state index in [0.29, 0.717) is 31.2 Å². The van der Waals surface area contributed by atoms with Gasteiger partial charge in [-0.15, -0.1) is 0 Å². The summed E-state index contributed by atoms with van der Waals surface area (Å²) in [5.41, 5.74) is 2.23. The van der Waals surface area contributed by atoms with E-state index in [1.165, 1.54) is 18.2 Å². The summed E-state index contributed by atoms with van der Waals surface area (Å²) in [6.07, 6.45) is 4.91. The van der Waals surface area contributed by atoms with Crippen LogP contribution in [0.3, 0.4) is 0 Å². The van der Waals surface area contributed by atoms with Crippen molar-refractivity contribution in [3.05, 3.63) is 52.0 Å². The SMILES string of the molecule is Cc1ccc(Cl)cc1N1CCN(C(=O)COc2ccc(S(=O)(=O)NC3CCCCC3)cc2Cl)CC1. The van der Waals surface area contributed by atoms with Crippen molar-refractivity contribution in [3.63, 3.8) is 0 Å². The van der Waals surface area contributed by atoms with Crippen LogP contribution >= 0.6 is 23.2 Å². The van der Waals surface area contributed by atoms with Crippen molar-refractivity contribution in [2.24, 2.45) is 0 Å². The molecule has 1 aliphatic carbocycles. The molecule has 190 valence electrons. The Kier molecular flexibility index (Phi) is 8.47. The molecule has 1 heterocycles. The van der Waals surface area contributed by atoms with Crippen molar-refractivity contribution >= 4 is 44.8 Å². The molecule has 1 N–H and O–H groups in total. The van der Waals surface area contributed by atoms with Gasteiger partial charge in [0.25, 0.3) is 5.91 Å². The summed E-state index contributed by atoms with van der Waals surface area (Å²) in [4.78, 5) is 16.8. The quantitative estimate of drug-likeness (QED) is 0.554. The van der Waals surface area contributed by atoms with Crippen molar-refractivity contribution in [1.82, 2.24) is 9.62 Å². The number of hydrogen-bond donors (Lipinski definition) is 1. The van der Waals surface area contributed by atoms with Crippen molar-refractivity contribution in [1.29, 1.82) is 0 Å². The van der Waals surface area contributed by atoms with Gasteiger partial charge < -0.3 is 14.5 Å². The predicted molar refractivity (Wildman–Crippen MR) is 139 cm³/mol. The second-order valence-electron chi connectivity index (χ2n) is 9.14. The zero-order valence-corrected chi connectivity index (χ0v) is 22.1. The van der Waals surface area contributed by atoms with Crippen LogP contribution in [0.5, 0.6) is 5.75 Å². The van der Waals surface area contributed by atoms with Crippen LogP contribution in [0.1, 0.15) is 37.7 Å². The summed E-state index contributed by atoms with van der Waals surface area (Å²) < 4.78 is 33.9. The minimum absolute atomic E-state index is 0.0377. The lowest BCUT2D eigenvalue weighted by molar-refractivity contribution is -0.133. The second-order valence-corrected chi connectivity index (χ2v) is 11.7. The van der Waals surface area contributed by atoms with E-state index < -0.39 is 10.0 Å². The number of rotatable bonds is 7. The van der Waals surface area contributed by atoms with Crippen molar-refractivity contribution in [3.8, 4) is 5.75 Å². The molecule has 1 aliphatic heterocycles. The van der Waals surface area contributed by atoms with Crippen LogP contribution in [0.25, 0.3) is 0 Å². The van der Waals surface area contributed by atoms with Crippen LogP contribution in [0.4, 0.5) is 5.69 Å². The predicted octanol–water partition coefficient (Wildman–Crippen LogP) is 4.64. The summed E-state index contributed by atoms with van der Waals surface area (Å²) in [7, 11) is -3.66. The smallest absolute Gasteiger partial charge is 0.260 e. The number of piperazine rings is 1. The molecule has 1 amide bonds. The maximum absolute atomic E-state index is 12.7. The average molecular weight is 541 g/mol. The highest BCUT2D eigenvalue weighted by molar-refractivity contribution is 7.89. The Balaban J connectivity index is 1.30. The molecule has 0 radical (unpaired) electrons. The van der Waals surface area contributed by atoms with Crippen molar-refractivity contribution in [2.75, 3.05) is 37.7 Å². The highest BCUT2D eigenvalue weighted by Gasteiger charge is 2.24. The number of hydrogen-bond acceptors (Lipinski definition) is 5. The molecule has 2 aromatic carbocycles. The van der Waals surface area contributed by atoms with Crippen LogP contribution in [0, 0.1) is 6.92 Å². The lowest BCUT2D eigenvalue weighted by Crippen LogP contribution is -2.50. The minimum atomic E-state index is -3.66. The number of nitrogens with zero attached hydrogens (tertiary/aromatic N) is 2. The van der Waals surface area contributed by atoms with Gasteiger partial charge in [0.2, 0.25) is 10.0 Å². The molecule has 0 unspecified atom stereocenters. The molecular formula is C25H31Cl2N3O4S. The molecule has 35 heavy (non-hydrogen) atoms. The van der Waals surface area contributed by atoms with E-state index in [0.717, 1.165) is 43.4 Å². The highest BCUT2D eigenvalue weighted by atomic mass is 35.5. The lowest BCUT2D eigenvalue weighted by atomic mass is 9.96. The molecule has 0 atom stereocenters. The third-order valence-corrected chi connectivity index (χ3v) is 8.68. The third kappa shape index (κ3) is 6.61. The molecule has 0 spiro atoms. The van der Waals surface area contributed by atoms with Gasteiger partial charge in [-0.2, -0.15) is 0 Å². The standard InChI is InChI=1S/C25H31Cl2N3O4S/c1-18-7-8-19(26)15-23(18)29-11-13-30(14-12-29)25(31)17-34-24-10-9-21(16-22(24)27)35(32,33)28-20-5-3-2-4-6-20/h7-10,15-16,20,28H,2-6,11-14,17H2,1H3. The molecule has 1 saturated carbocycles. The Morgan fingerprint density at radius 1 is 1.03 bits per heavy atom. The van der Waals surface area contributed by atoms with Gasteiger partial charge in [0.15, 0.2) is 6.61 Å². The number of ether oxygens (including phenoxy) is 1. The normalized spacial score (nSPS) is 17.5. The van der Waals surface area contributed by atoms with Gasteiger partial charge in [-0.1, -0.05) is 48.5 Å². The third-order valence-electron chi connectivity index (χ3n) is 6.64. The van der Waals surface area contributed by atoms with E-state index in [4.69, 9.17) is 27.9 Å². The first-order valence-electron chi connectivity index (χ1n) is 12.0. The van der Waals surface area contributed by atoms with Crippen LogP contribution in [0.2, 0.25) is 10.0 Å². The van der Waals surface area contributed by atoms with E-state index in [1.54, 1.807) is 4.90 Å². The minimum Gasteiger partial charge on any atom is -0.482 e. The highest BCUT2D eigenvalue weighted by Crippen LogP contribution is 2.29. The maximum Gasteiger partial charge on any atom is 0.260 e. The largest absolute Gasteiger partial charge is 0.482 e. The summed E-state index contributed by atoms with van der Waals surface area (Å²) >= 11 is 12.5. The Hall–Kier alpha value is -2.00. The van der Waals surface area contributed by atoms with E-state index in [2.05, 4.69) is 9.62 Å². The van der Waals surface area contributed by atoms with E-state index in [1.807, 2.05) is 25.1 Å². The van der Waals surface area contributed by atoms with Gasteiger partial charge in [-0.25, -0.2) is 13.1 Å². The van der Waals surface area contributed by atoms with Crippen LogP contribution in [0.15, 0.2) is 41.3 Å². The molecule has 4 rings (SSSR count). The van der Waals surface area contributed by atoms with Crippen molar-refractivity contribution in [2.45, 2.75) is 50.0 Å². The van der Waals surface area contributed by atoms with Gasteiger partial charge in [0.05, 0.1) is 9.92 Å². The number of carbonyl (C=O) groups excluding carboxylic acids is 1. The molecule has 2 fully saturated rings. The lowest BCUT2D eigenvalue weighted by Gasteiger charge is -2.36. The number of anilines is 1. The molecule has 1 saturated heterocycles. The fraction of sp³-hybridized carbons (Fsp3) is 0.480. The first-order valence-corrected chi connectivity index (χ1v) is 14.2. The maximum atomic E-state index is 12.7. The van der Waals surface area contributed by atoms with Gasteiger partial charge in [-0.05, 0) is 55.7 Å². The number of nitrogens with one attached hydrogen (secondary N) is 1. The zero-order chi connectivity index (χ0) is 25.0. The number of sulfonamides is 1. The van der Waals surface area contributed by atoms with E-state index in [-0.39, 0.29) is 34.2 Å². The van der Waals surface area contributed by atoms with E-state index in [9.17, 15) is 13.2 Å².